The van der Waals surface area contributed by atoms with Crippen LogP contribution in [-0.4, -0.2) is 10.7 Å². The van der Waals surface area contributed by atoms with Crippen molar-refractivity contribution in [2.24, 2.45) is 0 Å². The number of hydrogen-bond donors (Lipinski definition) is 0. The topological polar surface area (TPSA) is 36.7 Å². The molecule has 1 heterocycles. The van der Waals surface area contributed by atoms with E-state index in [1.54, 1.807) is 6.20 Å². The Morgan fingerprint density at radius 2 is 2.43 bits per heavy atom. The van der Waals surface area contributed by atoms with Gasteiger partial charge in [-0.05, 0) is 29.9 Å². The molecule has 2 nitrogen and oxygen atoms in total. The Labute approximate surface area is 89.4 Å². The van der Waals surface area contributed by atoms with Gasteiger partial charge in [-0.15, -0.1) is 0 Å². The number of aromatic nitrogens is 1. The van der Waals surface area contributed by atoms with Crippen LogP contribution >= 0.6 is 11.8 Å². The zero-order valence-electron chi connectivity index (χ0n) is 8.36. The molecule has 1 rings (SSSR count). The lowest BCUT2D eigenvalue weighted by molar-refractivity contribution is 0.896. The van der Waals surface area contributed by atoms with Gasteiger partial charge >= 0.3 is 0 Å². The predicted octanol–water partition coefficient (Wildman–Crippen LogP) is 2.99. The summed E-state index contributed by atoms with van der Waals surface area (Å²) in [4.78, 5) is 3.93. The smallest absolute Gasteiger partial charge is 0.140 e. The van der Waals surface area contributed by atoms with Gasteiger partial charge in [0.1, 0.15) is 11.8 Å². The zero-order valence-corrected chi connectivity index (χ0v) is 9.18. The quantitative estimate of drug-likeness (QED) is 0.695. The zero-order chi connectivity index (χ0) is 10.2. The Morgan fingerprint density at radius 3 is 3.14 bits per heavy atom. The van der Waals surface area contributed by atoms with Crippen molar-refractivity contribution in [1.82, 2.24) is 4.98 Å². The van der Waals surface area contributed by atoms with Crippen LogP contribution < -0.4 is 0 Å². The number of thioether (sulfide) groups is 1. The standard InChI is InChI=1S/C11H14N2S/c1-2-3-6-14-9-10-4-5-13-11(7-10)8-12/h4-5,7H,2-3,6,9H2,1H3. The Morgan fingerprint density at radius 1 is 1.57 bits per heavy atom. The van der Waals surface area contributed by atoms with Gasteiger partial charge in [0.05, 0.1) is 0 Å². The van der Waals surface area contributed by atoms with E-state index in [1.807, 2.05) is 30.0 Å². The van der Waals surface area contributed by atoms with Crippen LogP contribution in [0.15, 0.2) is 18.3 Å². The molecular formula is C11H14N2S. The molecule has 1 aromatic heterocycles. The second kappa shape index (κ2) is 6.44. The molecule has 0 bridgehead atoms. The SMILES string of the molecule is CCCCSCc1ccnc(C#N)c1. The van der Waals surface area contributed by atoms with E-state index in [-0.39, 0.29) is 0 Å². The van der Waals surface area contributed by atoms with Crippen LogP contribution in [0, 0.1) is 11.3 Å². The number of nitrogens with zero attached hydrogens (tertiary/aromatic N) is 2. The van der Waals surface area contributed by atoms with Gasteiger partial charge in [0.15, 0.2) is 0 Å². The van der Waals surface area contributed by atoms with E-state index >= 15 is 0 Å². The minimum Gasteiger partial charge on any atom is -0.246 e. The molecule has 0 unspecified atom stereocenters. The van der Waals surface area contributed by atoms with E-state index in [2.05, 4.69) is 11.9 Å². The number of nitriles is 1. The van der Waals surface area contributed by atoms with Gasteiger partial charge in [0, 0.05) is 11.9 Å². The van der Waals surface area contributed by atoms with Gasteiger partial charge in [0.2, 0.25) is 0 Å². The number of hydrogen-bond acceptors (Lipinski definition) is 3. The molecule has 0 spiro atoms. The molecule has 0 aliphatic heterocycles. The normalized spacial score (nSPS) is 9.71. The third-order valence-electron chi connectivity index (χ3n) is 1.85. The molecular weight excluding hydrogens is 192 g/mol. The van der Waals surface area contributed by atoms with Crippen LogP contribution in [0.3, 0.4) is 0 Å². The highest BCUT2D eigenvalue weighted by atomic mass is 32.2. The lowest BCUT2D eigenvalue weighted by atomic mass is 10.2. The van der Waals surface area contributed by atoms with E-state index in [9.17, 15) is 0 Å². The maximum atomic E-state index is 8.65. The van der Waals surface area contributed by atoms with E-state index < -0.39 is 0 Å². The Bertz CT molecular complexity index is 317. The molecule has 0 atom stereocenters. The summed E-state index contributed by atoms with van der Waals surface area (Å²) in [5.74, 6) is 2.18. The summed E-state index contributed by atoms with van der Waals surface area (Å²) in [6.45, 7) is 2.20. The number of pyridine rings is 1. The Kier molecular flexibility index (Phi) is 5.09. The van der Waals surface area contributed by atoms with Gasteiger partial charge in [-0.2, -0.15) is 17.0 Å². The summed E-state index contributed by atoms with van der Waals surface area (Å²) in [5.41, 5.74) is 1.70. The first-order chi connectivity index (χ1) is 6.86. The molecule has 14 heavy (non-hydrogen) atoms. The van der Waals surface area contributed by atoms with E-state index in [1.165, 1.54) is 24.2 Å². The maximum Gasteiger partial charge on any atom is 0.140 e. The minimum absolute atomic E-state index is 0.513. The lowest BCUT2D eigenvalue weighted by Crippen LogP contribution is -1.87. The Balaban J connectivity index is 2.39. The fraction of sp³-hybridized carbons (Fsp3) is 0.455. The van der Waals surface area contributed by atoms with Crippen molar-refractivity contribution in [1.29, 1.82) is 5.26 Å². The van der Waals surface area contributed by atoms with Crippen molar-refractivity contribution in [3.05, 3.63) is 29.6 Å². The molecule has 0 radical (unpaired) electrons. The molecule has 0 saturated heterocycles. The summed E-state index contributed by atoms with van der Waals surface area (Å²) in [5, 5.41) is 8.65. The first-order valence-electron chi connectivity index (χ1n) is 4.79. The van der Waals surface area contributed by atoms with Gasteiger partial charge < -0.3 is 0 Å². The van der Waals surface area contributed by atoms with Crippen molar-refractivity contribution in [3.63, 3.8) is 0 Å². The Hall–Kier alpha value is -1.01. The first-order valence-corrected chi connectivity index (χ1v) is 5.95. The van der Waals surface area contributed by atoms with Crippen molar-refractivity contribution in [2.45, 2.75) is 25.5 Å². The third-order valence-corrected chi connectivity index (χ3v) is 2.96. The third kappa shape index (κ3) is 3.80. The second-order valence-electron chi connectivity index (χ2n) is 3.07. The molecule has 0 amide bonds. The molecule has 3 heteroatoms. The molecule has 0 N–H and O–H groups in total. The monoisotopic (exact) mass is 206 g/mol. The molecule has 0 aliphatic carbocycles. The highest BCUT2D eigenvalue weighted by Gasteiger charge is 1.96. The summed E-state index contributed by atoms with van der Waals surface area (Å²) in [6.07, 6.45) is 4.21. The molecule has 0 aliphatic rings. The average molecular weight is 206 g/mol. The summed E-state index contributed by atoms with van der Waals surface area (Å²) in [6, 6.07) is 5.88. The molecule has 0 aromatic carbocycles. The molecule has 0 fully saturated rings. The highest BCUT2D eigenvalue weighted by molar-refractivity contribution is 7.98. The van der Waals surface area contributed by atoms with Crippen LogP contribution in [0.2, 0.25) is 0 Å². The highest BCUT2D eigenvalue weighted by Crippen LogP contribution is 2.13. The van der Waals surface area contributed by atoms with Crippen LogP contribution in [0.1, 0.15) is 31.0 Å². The molecule has 74 valence electrons. The number of unbranched alkanes of at least 4 members (excludes halogenated alkanes) is 1. The van der Waals surface area contributed by atoms with Crippen molar-refractivity contribution < 1.29 is 0 Å². The maximum absolute atomic E-state index is 8.65. The predicted molar refractivity (Wildman–Crippen MR) is 60.0 cm³/mol. The van der Waals surface area contributed by atoms with Crippen molar-refractivity contribution in [3.8, 4) is 6.07 Å². The average Bonchev–Trinajstić information content (AvgIpc) is 2.25. The van der Waals surface area contributed by atoms with Gasteiger partial charge in [-0.1, -0.05) is 13.3 Å². The van der Waals surface area contributed by atoms with Crippen LogP contribution in [0.4, 0.5) is 0 Å². The summed E-state index contributed by atoms with van der Waals surface area (Å²) >= 11 is 1.91. The number of rotatable bonds is 5. The van der Waals surface area contributed by atoms with Gasteiger partial charge in [-0.25, -0.2) is 4.98 Å². The molecule has 1 aromatic rings. The van der Waals surface area contributed by atoms with Gasteiger partial charge in [-0.3, -0.25) is 0 Å². The van der Waals surface area contributed by atoms with E-state index in [4.69, 9.17) is 5.26 Å². The van der Waals surface area contributed by atoms with Crippen LogP contribution in [-0.2, 0) is 5.75 Å². The fourth-order valence-corrected chi connectivity index (χ4v) is 2.11. The minimum atomic E-state index is 0.513. The second-order valence-corrected chi connectivity index (χ2v) is 4.17. The largest absolute Gasteiger partial charge is 0.246 e. The van der Waals surface area contributed by atoms with Crippen molar-refractivity contribution >= 4 is 11.8 Å². The van der Waals surface area contributed by atoms with E-state index in [0.29, 0.717) is 5.69 Å². The summed E-state index contributed by atoms with van der Waals surface area (Å²) < 4.78 is 0. The first kappa shape index (κ1) is 11.1. The fourth-order valence-electron chi connectivity index (χ4n) is 1.06. The lowest BCUT2D eigenvalue weighted by Gasteiger charge is -2.00. The summed E-state index contributed by atoms with van der Waals surface area (Å²) in [7, 11) is 0. The van der Waals surface area contributed by atoms with E-state index in [0.717, 1.165) is 5.75 Å². The van der Waals surface area contributed by atoms with Crippen molar-refractivity contribution in [2.75, 3.05) is 5.75 Å². The van der Waals surface area contributed by atoms with Gasteiger partial charge in [0.25, 0.3) is 0 Å². The van der Waals surface area contributed by atoms with Crippen LogP contribution in [0.5, 0.6) is 0 Å². The van der Waals surface area contributed by atoms with Crippen LogP contribution in [0.25, 0.3) is 0 Å². The molecule has 0 saturated carbocycles.